The van der Waals surface area contributed by atoms with Gasteiger partial charge in [0.1, 0.15) is 11.8 Å². The third kappa shape index (κ3) is 4.68. The lowest BCUT2D eigenvalue weighted by molar-refractivity contribution is -0.143. The van der Waals surface area contributed by atoms with E-state index in [2.05, 4.69) is 0 Å². The van der Waals surface area contributed by atoms with E-state index >= 15 is 0 Å². The van der Waals surface area contributed by atoms with E-state index in [9.17, 15) is 18.5 Å². The van der Waals surface area contributed by atoms with Crippen molar-refractivity contribution in [2.75, 3.05) is 13.2 Å². The van der Waals surface area contributed by atoms with Crippen LogP contribution in [0.3, 0.4) is 0 Å². The fourth-order valence-electron chi connectivity index (χ4n) is 2.23. The van der Waals surface area contributed by atoms with Crippen molar-refractivity contribution in [3.63, 3.8) is 0 Å². The molecule has 132 valence electrons. The number of rotatable bonds is 8. The second kappa shape index (κ2) is 8.46. The molecule has 0 atom stereocenters. The molecule has 2 aromatic rings. The van der Waals surface area contributed by atoms with Crippen molar-refractivity contribution < 1.29 is 22.4 Å². The van der Waals surface area contributed by atoms with Crippen LogP contribution in [0.1, 0.15) is 24.7 Å². The van der Waals surface area contributed by atoms with Crippen LogP contribution < -0.4 is 0 Å². The standard InChI is InChI=1S/C17H18N2O5S/c1-2-23-17(20)9-10-19(13-15-7-5-11-24-15)25(21,22)16-8-4-3-6-14(16)12-18/h3-8,11H,2,9-10,13H2,1H3. The Morgan fingerprint density at radius 1 is 1.28 bits per heavy atom. The maximum absolute atomic E-state index is 13.0. The minimum absolute atomic E-state index is 0.0445. The van der Waals surface area contributed by atoms with E-state index in [-0.39, 0.29) is 36.6 Å². The second-order valence-corrected chi connectivity index (χ2v) is 6.99. The Hall–Kier alpha value is -2.63. The van der Waals surface area contributed by atoms with Crippen LogP contribution in [0, 0.1) is 11.3 Å². The van der Waals surface area contributed by atoms with Crippen LogP contribution in [-0.2, 0) is 26.1 Å². The first-order chi connectivity index (χ1) is 12.0. The third-order valence-electron chi connectivity index (χ3n) is 3.41. The van der Waals surface area contributed by atoms with Crippen LogP contribution in [0.2, 0.25) is 0 Å². The number of hydrogen-bond acceptors (Lipinski definition) is 6. The van der Waals surface area contributed by atoms with Crippen LogP contribution in [-0.4, -0.2) is 31.8 Å². The number of ether oxygens (including phenoxy) is 1. The van der Waals surface area contributed by atoms with E-state index in [4.69, 9.17) is 9.15 Å². The quantitative estimate of drug-likeness (QED) is 0.668. The predicted octanol–water partition coefficient (Wildman–Crippen LogP) is 2.30. The van der Waals surface area contributed by atoms with Crippen molar-refractivity contribution in [3.8, 4) is 6.07 Å². The summed E-state index contributed by atoms with van der Waals surface area (Å²) in [5.41, 5.74) is 0.0445. The van der Waals surface area contributed by atoms with Crippen molar-refractivity contribution in [2.45, 2.75) is 24.8 Å². The Morgan fingerprint density at radius 2 is 2.04 bits per heavy atom. The summed E-state index contributed by atoms with van der Waals surface area (Å²) < 4.78 is 37.2. The summed E-state index contributed by atoms with van der Waals surface area (Å²) in [7, 11) is -3.99. The largest absolute Gasteiger partial charge is 0.468 e. The molecule has 0 saturated heterocycles. The topological polar surface area (TPSA) is 101 Å². The normalized spacial score (nSPS) is 11.2. The van der Waals surface area contributed by atoms with Gasteiger partial charge in [0, 0.05) is 6.54 Å². The van der Waals surface area contributed by atoms with E-state index in [1.54, 1.807) is 31.2 Å². The van der Waals surface area contributed by atoms with Gasteiger partial charge in [-0.05, 0) is 31.2 Å². The molecule has 0 aliphatic carbocycles. The lowest BCUT2D eigenvalue weighted by Gasteiger charge is -2.21. The van der Waals surface area contributed by atoms with E-state index in [0.717, 1.165) is 4.31 Å². The zero-order valence-electron chi connectivity index (χ0n) is 13.7. The van der Waals surface area contributed by atoms with Crippen molar-refractivity contribution in [1.82, 2.24) is 4.31 Å². The molecule has 0 N–H and O–H groups in total. The number of hydrogen-bond donors (Lipinski definition) is 0. The van der Waals surface area contributed by atoms with Gasteiger partial charge in [0.05, 0.1) is 36.3 Å². The minimum Gasteiger partial charge on any atom is -0.468 e. The van der Waals surface area contributed by atoms with E-state index < -0.39 is 16.0 Å². The Kier molecular flexibility index (Phi) is 6.33. The summed E-state index contributed by atoms with van der Waals surface area (Å²) in [5.74, 6) is -0.0578. The van der Waals surface area contributed by atoms with Crippen LogP contribution in [0.4, 0.5) is 0 Å². The first-order valence-corrected chi connectivity index (χ1v) is 9.10. The molecule has 0 bridgehead atoms. The maximum Gasteiger partial charge on any atom is 0.307 e. The van der Waals surface area contributed by atoms with Gasteiger partial charge < -0.3 is 9.15 Å². The van der Waals surface area contributed by atoms with Gasteiger partial charge in [0.25, 0.3) is 0 Å². The first kappa shape index (κ1) is 18.7. The molecule has 25 heavy (non-hydrogen) atoms. The summed E-state index contributed by atoms with van der Waals surface area (Å²) in [5, 5.41) is 9.18. The molecular formula is C17H18N2O5S. The molecule has 0 aliphatic rings. The Labute approximate surface area is 146 Å². The lowest BCUT2D eigenvalue weighted by Crippen LogP contribution is -2.33. The molecule has 7 nitrogen and oxygen atoms in total. The van der Waals surface area contributed by atoms with Gasteiger partial charge in [-0.1, -0.05) is 12.1 Å². The van der Waals surface area contributed by atoms with Gasteiger partial charge >= 0.3 is 5.97 Å². The second-order valence-electron chi connectivity index (χ2n) is 5.08. The highest BCUT2D eigenvalue weighted by molar-refractivity contribution is 7.89. The molecule has 1 aromatic heterocycles. The summed E-state index contributed by atoms with van der Waals surface area (Å²) >= 11 is 0. The number of benzene rings is 1. The molecule has 2 rings (SSSR count). The third-order valence-corrected chi connectivity index (χ3v) is 5.31. The van der Waals surface area contributed by atoms with Gasteiger partial charge in [-0.3, -0.25) is 4.79 Å². The summed E-state index contributed by atoms with van der Waals surface area (Å²) in [6.45, 7) is 1.77. The Balaban J connectivity index is 2.32. The number of furan rings is 1. The van der Waals surface area contributed by atoms with Gasteiger partial charge in [-0.2, -0.15) is 9.57 Å². The van der Waals surface area contributed by atoms with Crippen molar-refractivity contribution >= 4 is 16.0 Å². The number of sulfonamides is 1. The highest BCUT2D eigenvalue weighted by Crippen LogP contribution is 2.22. The smallest absolute Gasteiger partial charge is 0.307 e. The molecule has 0 fully saturated rings. The number of carbonyl (C=O) groups is 1. The monoisotopic (exact) mass is 362 g/mol. The summed E-state index contributed by atoms with van der Waals surface area (Å²) in [6, 6.07) is 11.1. The first-order valence-electron chi connectivity index (χ1n) is 7.66. The van der Waals surface area contributed by atoms with Crippen LogP contribution >= 0.6 is 0 Å². The number of esters is 1. The number of nitriles is 1. The van der Waals surface area contributed by atoms with Crippen LogP contribution in [0.15, 0.2) is 52.0 Å². The molecule has 0 aliphatic heterocycles. The lowest BCUT2D eigenvalue weighted by atomic mass is 10.2. The van der Waals surface area contributed by atoms with Gasteiger partial charge in [-0.15, -0.1) is 0 Å². The molecule has 1 heterocycles. The molecule has 8 heteroatoms. The molecule has 0 unspecified atom stereocenters. The Bertz CT molecular complexity index is 853. The van der Waals surface area contributed by atoms with Crippen LogP contribution in [0.5, 0.6) is 0 Å². The van der Waals surface area contributed by atoms with Crippen molar-refractivity contribution in [2.24, 2.45) is 0 Å². The summed E-state index contributed by atoms with van der Waals surface area (Å²) in [6.07, 6.45) is 1.34. The molecule has 0 spiro atoms. The van der Waals surface area contributed by atoms with Gasteiger partial charge in [0.2, 0.25) is 10.0 Å². The predicted molar refractivity (Wildman–Crippen MR) is 88.7 cm³/mol. The zero-order valence-corrected chi connectivity index (χ0v) is 14.5. The highest BCUT2D eigenvalue weighted by Gasteiger charge is 2.28. The molecule has 0 saturated carbocycles. The molecule has 1 aromatic carbocycles. The molecular weight excluding hydrogens is 344 g/mol. The zero-order chi connectivity index (χ0) is 18.3. The van der Waals surface area contributed by atoms with E-state index in [1.165, 1.54) is 18.4 Å². The van der Waals surface area contributed by atoms with Crippen molar-refractivity contribution in [1.29, 1.82) is 5.26 Å². The van der Waals surface area contributed by atoms with E-state index in [1.807, 2.05) is 6.07 Å². The summed E-state index contributed by atoms with van der Waals surface area (Å²) in [4.78, 5) is 11.5. The SMILES string of the molecule is CCOC(=O)CCN(Cc1ccco1)S(=O)(=O)c1ccccc1C#N. The van der Waals surface area contributed by atoms with Crippen LogP contribution in [0.25, 0.3) is 0 Å². The number of carbonyl (C=O) groups excluding carboxylic acids is 1. The molecule has 0 radical (unpaired) electrons. The van der Waals surface area contributed by atoms with E-state index in [0.29, 0.717) is 5.76 Å². The average Bonchev–Trinajstić information content (AvgIpc) is 3.11. The van der Waals surface area contributed by atoms with Gasteiger partial charge in [0.15, 0.2) is 0 Å². The van der Waals surface area contributed by atoms with Gasteiger partial charge in [-0.25, -0.2) is 8.42 Å². The highest BCUT2D eigenvalue weighted by atomic mass is 32.2. The van der Waals surface area contributed by atoms with Crippen molar-refractivity contribution in [3.05, 3.63) is 54.0 Å². The number of nitrogens with zero attached hydrogens (tertiary/aromatic N) is 2. The molecule has 0 amide bonds. The fourth-order valence-corrected chi connectivity index (χ4v) is 3.78. The minimum atomic E-state index is -3.99. The maximum atomic E-state index is 13.0. The Morgan fingerprint density at radius 3 is 2.68 bits per heavy atom. The average molecular weight is 362 g/mol. The fraction of sp³-hybridized carbons (Fsp3) is 0.294.